The molecule has 3 N–H and O–H groups in total. The second-order valence-corrected chi connectivity index (χ2v) is 5.42. The van der Waals surface area contributed by atoms with Crippen LogP contribution in [0, 0.1) is 5.82 Å². The Morgan fingerprint density at radius 1 is 1.30 bits per heavy atom. The average Bonchev–Trinajstić information content (AvgIpc) is 3.18. The molecular weight excluding hydrogens is 319 g/mol. The minimum atomic E-state index is -0.262. The van der Waals surface area contributed by atoms with E-state index in [2.05, 4.69) is 20.7 Å². The van der Waals surface area contributed by atoms with Gasteiger partial charge < -0.3 is 10.3 Å². The lowest BCUT2D eigenvalue weighted by atomic mass is 10.2. The van der Waals surface area contributed by atoms with Crippen LogP contribution in [0.4, 0.5) is 10.3 Å². The lowest BCUT2D eigenvalue weighted by molar-refractivity contribution is 0.560. The number of hydrogen-bond donors (Lipinski definition) is 2. The number of nitrogens with one attached hydrogen (secondary N) is 1. The molecule has 118 valence electrons. The van der Waals surface area contributed by atoms with Crippen molar-refractivity contribution in [2.75, 3.05) is 11.3 Å². The van der Waals surface area contributed by atoms with E-state index < -0.39 is 0 Å². The van der Waals surface area contributed by atoms with Crippen LogP contribution in [0.3, 0.4) is 0 Å². The molecule has 0 amide bonds. The van der Waals surface area contributed by atoms with E-state index in [1.54, 1.807) is 30.5 Å². The van der Waals surface area contributed by atoms with E-state index >= 15 is 0 Å². The highest BCUT2D eigenvalue weighted by atomic mass is 32.2. The van der Waals surface area contributed by atoms with Crippen LogP contribution in [-0.2, 0) is 5.75 Å². The molecule has 0 fully saturated rings. The molecule has 0 radical (unpaired) electrons. The molecule has 0 unspecified atom stereocenters. The normalized spacial score (nSPS) is 11.2. The monoisotopic (exact) mass is 332 g/mol. The Morgan fingerprint density at radius 2 is 2.13 bits per heavy atom. The van der Waals surface area contributed by atoms with Crippen LogP contribution < -0.4 is 11.3 Å². The van der Waals surface area contributed by atoms with E-state index in [-0.39, 0.29) is 5.82 Å². The summed E-state index contributed by atoms with van der Waals surface area (Å²) < 4.78 is 19.3. The molecule has 2 heterocycles. The zero-order chi connectivity index (χ0) is 16.1. The van der Waals surface area contributed by atoms with Crippen molar-refractivity contribution < 1.29 is 8.81 Å². The first kappa shape index (κ1) is 15.1. The van der Waals surface area contributed by atoms with Gasteiger partial charge in [0, 0.05) is 5.75 Å². The fourth-order valence-electron chi connectivity index (χ4n) is 1.70. The highest BCUT2D eigenvalue weighted by Crippen LogP contribution is 2.21. The molecule has 0 atom stereocenters. The molecule has 2 aromatic heterocycles. The maximum atomic E-state index is 12.9. The standard InChI is InChI=1S/C14H13FN6OS/c15-11-5-3-10(4-6-11)9-23-14-20-19-13(21(14)16)18-17-8-12-2-1-7-22-12/h1-8H,9,16H2,(H,18,19)/b17-8+. The molecule has 0 spiro atoms. The van der Waals surface area contributed by atoms with Crippen LogP contribution in [-0.4, -0.2) is 21.1 Å². The summed E-state index contributed by atoms with van der Waals surface area (Å²) in [6.07, 6.45) is 3.05. The first-order chi connectivity index (χ1) is 11.2. The summed E-state index contributed by atoms with van der Waals surface area (Å²) in [7, 11) is 0. The zero-order valence-corrected chi connectivity index (χ0v) is 12.7. The molecule has 3 rings (SSSR count). The van der Waals surface area contributed by atoms with Gasteiger partial charge in [-0.15, -0.1) is 10.2 Å². The molecule has 0 aliphatic rings. The summed E-state index contributed by atoms with van der Waals surface area (Å²) >= 11 is 1.39. The second-order valence-electron chi connectivity index (χ2n) is 4.48. The topological polar surface area (TPSA) is 94.3 Å². The highest BCUT2D eigenvalue weighted by Gasteiger charge is 2.09. The number of benzene rings is 1. The van der Waals surface area contributed by atoms with Crippen molar-refractivity contribution in [2.45, 2.75) is 10.9 Å². The summed E-state index contributed by atoms with van der Waals surface area (Å²) in [6, 6.07) is 9.79. The number of thioether (sulfide) groups is 1. The van der Waals surface area contributed by atoms with Gasteiger partial charge in [0.15, 0.2) is 0 Å². The fraction of sp³-hybridized carbons (Fsp3) is 0.0714. The number of halogens is 1. The molecular formula is C14H13FN6OS. The predicted octanol–water partition coefficient (Wildman–Crippen LogP) is 2.46. The van der Waals surface area contributed by atoms with E-state index in [0.29, 0.717) is 22.6 Å². The lowest BCUT2D eigenvalue weighted by Gasteiger charge is -2.03. The number of rotatable bonds is 6. The Balaban J connectivity index is 1.59. The zero-order valence-electron chi connectivity index (χ0n) is 11.9. The molecule has 0 aliphatic heterocycles. The largest absolute Gasteiger partial charge is 0.463 e. The van der Waals surface area contributed by atoms with Gasteiger partial charge in [0.05, 0.1) is 12.5 Å². The minimum absolute atomic E-state index is 0.262. The van der Waals surface area contributed by atoms with Crippen molar-refractivity contribution in [1.29, 1.82) is 0 Å². The molecule has 1 aromatic carbocycles. The van der Waals surface area contributed by atoms with Gasteiger partial charge in [-0.3, -0.25) is 0 Å². The van der Waals surface area contributed by atoms with Gasteiger partial charge in [0.25, 0.3) is 5.95 Å². The maximum Gasteiger partial charge on any atom is 0.264 e. The third-order valence-electron chi connectivity index (χ3n) is 2.85. The van der Waals surface area contributed by atoms with Crippen LogP contribution >= 0.6 is 11.8 Å². The molecule has 23 heavy (non-hydrogen) atoms. The Morgan fingerprint density at radius 3 is 2.87 bits per heavy atom. The maximum absolute atomic E-state index is 12.9. The number of aromatic nitrogens is 3. The number of anilines is 1. The van der Waals surface area contributed by atoms with Gasteiger partial charge in [0.2, 0.25) is 5.16 Å². The number of nitrogens with zero attached hydrogens (tertiary/aromatic N) is 4. The van der Waals surface area contributed by atoms with E-state index in [1.165, 1.54) is 34.8 Å². The van der Waals surface area contributed by atoms with Crippen molar-refractivity contribution in [3.8, 4) is 0 Å². The van der Waals surface area contributed by atoms with Crippen LogP contribution in [0.5, 0.6) is 0 Å². The smallest absolute Gasteiger partial charge is 0.264 e. The third kappa shape index (κ3) is 3.89. The quantitative estimate of drug-likeness (QED) is 0.312. The van der Waals surface area contributed by atoms with Crippen molar-refractivity contribution in [3.05, 3.63) is 59.8 Å². The molecule has 0 aliphatic carbocycles. The molecule has 0 saturated carbocycles. The first-order valence-electron chi connectivity index (χ1n) is 6.62. The van der Waals surface area contributed by atoms with E-state index in [9.17, 15) is 4.39 Å². The Bertz CT molecular complexity index is 784. The molecule has 7 nitrogen and oxygen atoms in total. The number of nitrogen functional groups attached to an aromatic ring is 1. The van der Waals surface area contributed by atoms with Crippen molar-refractivity contribution in [2.24, 2.45) is 5.10 Å². The SMILES string of the molecule is Nn1c(N/N=C/c2ccco2)nnc1SCc1ccc(F)cc1. The summed E-state index contributed by atoms with van der Waals surface area (Å²) in [5.74, 6) is 7.15. The summed E-state index contributed by atoms with van der Waals surface area (Å²) in [4.78, 5) is 0. The van der Waals surface area contributed by atoms with Crippen molar-refractivity contribution >= 4 is 23.9 Å². The van der Waals surface area contributed by atoms with Crippen LogP contribution in [0.15, 0.2) is 57.3 Å². The number of hydrogen-bond acceptors (Lipinski definition) is 7. The minimum Gasteiger partial charge on any atom is -0.463 e. The third-order valence-corrected chi connectivity index (χ3v) is 3.86. The van der Waals surface area contributed by atoms with Crippen molar-refractivity contribution in [1.82, 2.24) is 14.9 Å². The van der Waals surface area contributed by atoms with Crippen LogP contribution in [0.25, 0.3) is 0 Å². The molecule has 3 aromatic rings. The number of nitrogens with two attached hydrogens (primary N) is 1. The molecule has 0 saturated heterocycles. The van der Waals surface area contributed by atoms with Gasteiger partial charge in [-0.05, 0) is 29.8 Å². The summed E-state index contributed by atoms with van der Waals surface area (Å²) in [5.41, 5.74) is 3.65. The lowest BCUT2D eigenvalue weighted by Crippen LogP contribution is -2.13. The Kier molecular flexibility index (Phi) is 4.57. The van der Waals surface area contributed by atoms with Crippen LogP contribution in [0.2, 0.25) is 0 Å². The number of hydrazone groups is 1. The van der Waals surface area contributed by atoms with E-state index in [4.69, 9.17) is 10.3 Å². The van der Waals surface area contributed by atoms with Gasteiger partial charge in [-0.2, -0.15) is 5.10 Å². The Hall–Kier alpha value is -2.81. The second kappa shape index (κ2) is 6.97. The summed E-state index contributed by atoms with van der Waals surface area (Å²) in [6.45, 7) is 0. The van der Waals surface area contributed by atoms with Gasteiger partial charge in [-0.25, -0.2) is 14.5 Å². The molecule has 0 bridgehead atoms. The fourth-order valence-corrected chi connectivity index (χ4v) is 2.51. The van der Waals surface area contributed by atoms with E-state index in [0.717, 1.165) is 5.56 Å². The Labute approximate surface area is 135 Å². The molecule has 9 heteroatoms. The van der Waals surface area contributed by atoms with E-state index in [1.807, 2.05) is 0 Å². The highest BCUT2D eigenvalue weighted by molar-refractivity contribution is 7.98. The van der Waals surface area contributed by atoms with Crippen molar-refractivity contribution in [3.63, 3.8) is 0 Å². The van der Waals surface area contributed by atoms with Gasteiger partial charge in [-0.1, -0.05) is 23.9 Å². The van der Waals surface area contributed by atoms with Gasteiger partial charge in [0.1, 0.15) is 11.6 Å². The summed E-state index contributed by atoms with van der Waals surface area (Å²) in [5, 5.41) is 12.4. The van der Waals surface area contributed by atoms with Crippen LogP contribution in [0.1, 0.15) is 11.3 Å². The van der Waals surface area contributed by atoms with Gasteiger partial charge >= 0.3 is 0 Å². The average molecular weight is 332 g/mol. The predicted molar refractivity (Wildman–Crippen MR) is 86.1 cm³/mol. The first-order valence-corrected chi connectivity index (χ1v) is 7.61. The number of furan rings is 1.